The second-order valence-corrected chi connectivity index (χ2v) is 6.53. The molecule has 1 saturated heterocycles. The average Bonchev–Trinajstić information content (AvgIpc) is 2.40. The van der Waals surface area contributed by atoms with Crippen LogP contribution in [0.4, 0.5) is 9.18 Å². The number of carbonyl (C=O) groups excluding carboxylic acids is 1. The summed E-state index contributed by atoms with van der Waals surface area (Å²) in [5.41, 5.74) is 0.492. The van der Waals surface area contributed by atoms with E-state index in [1.165, 1.54) is 6.07 Å². The summed E-state index contributed by atoms with van der Waals surface area (Å²) in [6, 6.07) is 6.84. The standard InChI is InChI=1S/C16H24FN3O/c1-16(2,3)18-15(21)20-10-8-19(9-11-20)12-13-6-4-5-7-14(13)17/h4-7H,8-12H2,1-3H3,(H,18,21). The zero-order valence-electron chi connectivity index (χ0n) is 13.0. The van der Waals surface area contributed by atoms with Crippen LogP contribution in [-0.2, 0) is 6.54 Å². The lowest BCUT2D eigenvalue weighted by Gasteiger charge is -2.36. The number of benzene rings is 1. The van der Waals surface area contributed by atoms with Gasteiger partial charge in [0.05, 0.1) is 0 Å². The predicted octanol–water partition coefficient (Wildman–Crippen LogP) is 2.45. The topological polar surface area (TPSA) is 35.6 Å². The number of carbonyl (C=O) groups is 1. The fourth-order valence-electron chi connectivity index (χ4n) is 2.38. The summed E-state index contributed by atoms with van der Waals surface area (Å²) in [6.45, 7) is 9.41. The van der Waals surface area contributed by atoms with Crippen molar-refractivity contribution in [3.05, 3.63) is 35.6 Å². The number of nitrogens with zero attached hydrogens (tertiary/aromatic N) is 2. The first-order chi connectivity index (χ1) is 9.85. The Bertz CT molecular complexity index is 491. The van der Waals surface area contributed by atoms with Gasteiger partial charge in [-0.1, -0.05) is 18.2 Å². The lowest BCUT2D eigenvalue weighted by Crippen LogP contribution is -2.54. The summed E-state index contributed by atoms with van der Waals surface area (Å²) in [5, 5.41) is 2.97. The molecule has 0 bridgehead atoms. The Morgan fingerprint density at radius 1 is 1.19 bits per heavy atom. The van der Waals surface area contributed by atoms with Crippen molar-refractivity contribution in [1.82, 2.24) is 15.1 Å². The molecule has 0 unspecified atom stereocenters. The molecule has 1 heterocycles. The number of urea groups is 1. The summed E-state index contributed by atoms with van der Waals surface area (Å²) in [7, 11) is 0. The number of rotatable bonds is 2. The first-order valence-electron chi connectivity index (χ1n) is 7.38. The number of halogens is 1. The SMILES string of the molecule is CC(C)(C)NC(=O)N1CCN(Cc2ccccc2F)CC1. The number of amides is 2. The summed E-state index contributed by atoms with van der Waals surface area (Å²) < 4.78 is 13.6. The molecule has 1 N–H and O–H groups in total. The van der Waals surface area contributed by atoms with Crippen LogP contribution < -0.4 is 5.32 Å². The molecule has 2 rings (SSSR count). The molecule has 0 aromatic heterocycles. The summed E-state index contributed by atoms with van der Waals surface area (Å²) in [5.74, 6) is -0.162. The van der Waals surface area contributed by atoms with E-state index in [9.17, 15) is 9.18 Å². The van der Waals surface area contributed by atoms with Crippen LogP contribution in [0.5, 0.6) is 0 Å². The van der Waals surface area contributed by atoms with Gasteiger partial charge in [0.2, 0.25) is 0 Å². The van der Waals surface area contributed by atoms with Gasteiger partial charge in [0, 0.05) is 43.8 Å². The average molecular weight is 293 g/mol. The molecule has 0 aliphatic carbocycles. The fourth-order valence-corrected chi connectivity index (χ4v) is 2.38. The highest BCUT2D eigenvalue weighted by atomic mass is 19.1. The predicted molar refractivity (Wildman–Crippen MR) is 81.5 cm³/mol. The highest BCUT2D eigenvalue weighted by molar-refractivity contribution is 5.75. The summed E-state index contributed by atoms with van der Waals surface area (Å²) >= 11 is 0. The van der Waals surface area contributed by atoms with Crippen molar-refractivity contribution in [2.45, 2.75) is 32.9 Å². The molecule has 0 radical (unpaired) electrons. The molecule has 1 fully saturated rings. The van der Waals surface area contributed by atoms with Gasteiger partial charge in [0.25, 0.3) is 0 Å². The Labute approximate surface area is 125 Å². The van der Waals surface area contributed by atoms with Crippen molar-refractivity contribution < 1.29 is 9.18 Å². The van der Waals surface area contributed by atoms with E-state index in [1.807, 2.05) is 37.8 Å². The number of piperazine rings is 1. The molecule has 1 aromatic rings. The second-order valence-electron chi connectivity index (χ2n) is 6.53. The zero-order chi connectivity index (χ0) is 15.5. The van der Waals surface area contributed by atoms with E-state index in [-0.39, 0.29) is 17.4 Å². The molecule has 0 atom stereocenters. The van der Waals surface area contributed by atoms with Crippen LogP contribution >= 0.6 is 0 Å². The maximum Gasteiger partial charge on any atom is 0.317 e. The van der Waals surface area contributed by atoms with E-state index >= 15 is 0 Å². The number of hydrogen-bond acceptors (Lipinski definition) is 2. The van der Waals surface area contributed by atoms with E-state index in [4.69, 9.17) is 0 Å². The van der Waals surface area contributed by atoms with Crippen molar-refractivity contribution in [2.24, 2.45) is 0 Å². The minimum atomic E-state index is -0.221. The van der Waals surface area contributed by atoms with Crippen LogP contribution in [0, 0.1) is 5.82 Å². The monoisotopic (exact) mass is 293 g/mol. The molecule has 1 aliphatic heterocycles. The third kappa shape index (κ3) is 4.70. The third-order valence-corrected chi connectivity index (χ3v) is 3.49. The van der Waals surface area contributed by atoms with E-state index in [1.54, 1.807) is 6.07 Å². The van der Waals surface area contributed by atoms with Gasteiger partial charge < -0.3 is 10.2 Å². The fraction of sp³-hybridized carbons (Fsp3) is 0.562. The van der Waals surface area contributed by atoms with E-state index in [0.717, 1.165) is 13.1 Å². The maximum atomic E-state index is 13.6. The van der Waals surface area contributed by atoms with Crippen molar-refractivity contribution >= 4 is 6.03 Å². The Kier molecular flexibility index (Phi) is 4.83. The molecule has 4 nitrogen and oxygen atoms in total. The minimum absolute atomic E-state index is 0.0203. The van der Waals surface area contributed by atoms with Crippen molar-refractivity contribution in [3.8, 4) is 0 Å². The summed E-state index contributed by atoms with van der Waals surface area (Å²) in [6.07, 6.45) is 0. The van der Waals surface area contributed by atoms with Gasteiger partial charge in [-0.3, -0.25) is 4.90 Å². The van der Waals surface area contributed by atoms with Crippen LogP contribution in [-0.4, -0.2) is 47.5 Å². The molecule has 0 spiro atoms. The molecular formula is C16H24FN3O. The lowest BCUT2D eigenvalue weighted by atomic mass is 10.1. The van der Waals surface area contributed by atoms with Crippen LogP contribution in [0.15, 0.2) is 24.3 Å². The number of nitrogens with one attached hydrogen (secondary N) is 1. The van der Waals surface area contributed by atoms with Gasteiger partial charge in [-0.05, 0) is 26.8 Å². The van der Waals surface area contributed by atoms with Gasteiger partial charge in [0.1, 0.15) is 5.82 Å². The largest absolute Gasteiger partial charge is 0.333 e. The van der Waals surface area contributed by atoms with E-state index in [0.29, 0.717) is 25.2 Å². The zero-order valence-corrected chi connectivity index (χ0v) is 13.0. The van der Waals surface area contributed by atoms with Gasteiger partial charge in [-0.15, -0.1) is 0 Å². The lowest BCUT2D eigenvalue weighted by molar-refractivity contribution is 0.130. The quantitative estimate of drug-likeness (QED) is 0.909. The van der Waals surface area contributed by atoms with Crippen LogP contribution in [0.3, 0.4) is 0 Å². The van der Waals surface area contributed by atoms with Crippen LogP contribution in [0.25, 0.3) is 0 Å². The maximum absolute atomic E-state index is 13.6. The number of hydrogen-bond donors (Lipinski definition) is 1. The molecule has 5 heteroatoms. The van der Waals surface area contributed by atoms with Gasteiger partial charge in [0.15, 0.2) is 0 Å². The van der Waals surface area contributed by atoms with E-state index in [2.05, 4.69) is 10.2 Å². The molecule has 2 amide bonds. The Hall–Kier alpha value is -1.62. The molecular weight excluding hydrogens is 269 g/mol. The highest BCUT2D eigenvalue weighted by Gasteiger charge is 2.24. The molecule has 116 valence electrons. The van der Waals surface area contributed by atoms with Gasteiger partial charge in [-0.25, -0.2) is 9.18 Å². The molecule has 1 aromatic carbocycles. The van der Waals surface area contributed by atoms with Crippen molar-refractivity contribution in [2.75, 3.05) is 26.2 Å². The first-order valence-corrected chi connectivity index (χ1v) is 7.38. The summed E-state index contributed by atoms with van der Waals surface area (Å²) in [4.78, 5) is 16.1. The molecule has 1 aliphatic rings. The molecule has 21 heavy (non-hydrogen) atoms. The van der Waals surface area contributed by atoms with Crippen LogP contribution in [0.2, 0.25) is 0 Å². The smallest absolute Gasteiger partial charge is 0.317 e. The first kappa shape index (κ1) is 15.8. The molecule has 0 saturated carbocycles. The van der Waals surface area contributed by atoms with E-state index < -0.39 is 0 Å². The van der Waals surface area contributed by atoms with Crippen molar-refractivity contribution in [3.63, 3.8) is 0 Å². The Balaban J connectivity index is 1.83. The Morgan fingerprint density at radius 2 is 1.81 bits per heavy atom. The van der Waals surface area contributed by atoms with Gasteiger partial charge in [-0.2, -0.15) is 0 Å². The minimum Gasteiger partial charge on any atom is -0.333 e. The Morgan fingerprint density at radius 3 is 2.38 bits per heavy atom. The normalized spacial score (nSPS) is 16.9. The third-order valence-electron chi connectivity index (χ3n) is 3.49. The van der Waals surface area contributed by atoms with Crippen LogP contribution in [0.1, 0.15) is 26.3 Å². The highest BCUT2D eigenvalue weighted by Crippen LogP contribution is 2.12. The van der Waals surface area contributed by atoms with Crippen molar-refractivity contribution in [1.29, 1.82) is 0 Å². The van der Waals surface area contributed by atoms with Gasteiger partial charge >= 0.3 is 6.03 Å². The second kappa shape index (κ2) is 6.43.